The summed E-state index contributed by atoms with van der Waals surface area (Å²) in [5.41, 5.74) is 7.80. The van der Waals surface area contributed by atoms with Gasteiger partial charge in [0.15, 0.2) is 0 Å². The smallest absolute Gasteiger partial charge is 0.00932 e. The summed E-state index contributed by atoms with van der Waals surface area (Å²) in [5.74, 6) is 0. The van der Waals surface area contributed by atoms with Gasteiger partial charge in [0.25, 0.3) is 0 Å². The van der Waals surface area contributed by atoms with Gasteiger partial charge in [-0.05, 0) is 39.5 Å². The molecule has 1 aliphatic carbocycles. The molecule has 3 aromatic rings. The van der Waals surface area contributed by atoms with Gasteiger partial charge in [0.05, 0.1) is 0 Å². The summed E-state index contributed by atoms with van der Waals surface area (Å²) in [6.07, 6.45) is 6.64. The zero-order valence-electron chi connectivity index (χ0n) is 12.2. The summed E-state index contributed by atoms with van der Waals surface area (Å²) < 4.78 is 0. The molecule has 0 bridgehead atoms. The summed E-state index contributed by atoms with van der Waals surface area (Å²) in [6, 6.07) is 27.6. The molecule has 3 aromatic carbocycles. The van der Waals surface area contributed by atoms with Crippen molar-refractivity contribution >= 4 is 23.8 Å². The van der Waals surface area contributed by atoms with Gasteiger partial charge < -0.3 is 0 Å². The van der Waals surface area contributed by atoms with Crippen molar-refractivity contribution in [2.75, 3.05) is 0 Å². The number of rotatable bonds is 3. The number of benzene rings is 3. The highest BCUT2D eigenvalue weighted by molar-refractivity contribution is 6.04. The molecule has 0 saturated heterocycles. The molecule has 0 fully saturated rings. The summed E-state index contributed by atoms with van der Waals surface area (Å²) in [4.78, 5) is 0. The molecular weight excluding hydrogens is 264 g/mol. The van der Waals surface area contributed by atoms with Crippen LogP contribution < -0.4 is 0 Å². The molecule has 0 nitrogen and oxygen atoms in total. The van der Waals surface area contributed by atoms with Crippen LogP contribution in [0.15, 0.2) is 78.9 Å². The van der Waals surface area contributed by atoms with E-state index in [4.69, 9.17) is 0 Å². The monoisotopic (exact) mass is 280 g/mol. The zero-order valence-corrected chi connectivity index (χ0v) is 12.2. The summed E-state index contributed by atoms with van der Waals surface area (Å²) in [5, 5.41) is 0. The van der Waals surface area contributed by atoms with Gasteiger partial charge in [-0.2, -0.15) is 0 Å². The normalized spacial score (nSPS) is 12.6. The average Bonchev–Trinajstić information content (AvgIpc) is 2.56. The van der Waals surface area contributed by atoms with Gasteiger partial charge in [-0.25, -0.2) is 0 Å². The van der Waals surface area contributed by atoms with Crippen LogP contribution in [0.2, 0.25) is 0 Å². The highest BCUT2D eigenvalue weighted by Crippen LogP contribution is 2.38. The van der Waals surface area contributed by atoms with E-state index in [0.717, 1.165) is 0 Å². The molecule has 0 spiro atoms. The van der Waals surface area contributed by atoms with Crippen LogP contribution in [0.5, 0.6) is 0 Å². The molecule has 0 unspecified atom stereocenters. The van der Waals surface area contributed by atoms with Crippen molar-refractivity contribution in [1.29, 1.82) is 0 Å². The third-order valence-electron chi connectivity index (χ3n) is 4.06. The molecule has 0 amide bonds. The van der Waals surface area contributed by atoms with E-state index in [0.29, 0.717) is 0 Å². The molecule has 0 heterocycles. The predicted molar refractivity (Wildman–Crippen MR) is 95.2 cm³/mol. The van der Waals surface area contributed by atoms with E-state index in [1.807, 2.05) is 6.07 Å². The fourth-order valence-electron chi connectivity index (χ4n) is 2.88. The predicted octanol–water partition coefficient (Wildman–Crippen LogP) is 5.76. The van der Waals surface area contributed by atoms with Crippen molar-refractivity contribution in [3.63, 3.8) is 0 Å². The third kappa shape index (κ3) is 2.29. The zero-order chi connectivity index (χ0) is 14.8. The maximum Gasteiger partial charge on any atom is -0.00932 e. The fourth-order valence-corrected chi connectivity index (χ4v) is 2.88. The minimum atomic E-state index is 1.22. The quantitative estimate of drug-likeness (QED) is 0.418. The van der Waals surface area contributed by atoms with Crippen LogP contribution in [0.3, 0.4) is 0 Å². The van der Waals surface area contributed by atoms with Gasteiger partial charge in [0.2, 0.25) is 0 Å². The Morgan fingerprint density at radius 3 is 2.05 bits per heavy atom. The second-order valence-electron chi connectivity index (χ2n) is 5.48. The van der Waals surface area contributed by atoms with Gasteiger partial charge in [-0.3, -0.25) is 0 Å². The van der Waals surface area contributed by atoms with Gasteiger partial charge in [-0.15, -0.1) is 0 Å². The number of fused-ring (bicyclic) bond motifs is 1. The van der Waals surface area contributed by atoms with E-state index in [2.05, 4.69) is 91.0 Å². The Hall–Kier alpha value is -2.86. The van der Waals surface area contributed by atoms with Crippen LogP contribution in [0.4, 0.5) is 0 Å². The van der Waals surface area contributed by atoms with Gasteiger partial charge in [0.1, 0.15) is 0 Å². The lowest BCUT2D eigenvalue weighted by Crippen LogP contribution is -2.01. The SMILES string of the molecule is C(=Cc1ccccc1C1=Cc2ccccc21)c1ccccc1. The van der Waals surface area contributed by atoms with Crippen molar-refractivity contribution in [2.24, 2.45) is 0 Å². The molecular formula is C22H16. The molecule has 0 atom stereocenters. The highest BCUT2D eigenvalue weighted by Gasteiger charge is 2.18. The Morgan fingerprint density at radius 1 is 0.545 bits per heavy atom. The lowest BCUT2D eigenvalue weighted by Gasteiger charge is -2.21. The van der Waals surface area contributed by atoms with Gasteiger partial charge in [0, 0.05) is 0 Å². The molecule has 4 rings (SSSR count). The van der Waals surface area contributed by atoms with Crippen LogP contribution >= 0.6 is 0 Å². The first-order valence-corrected chi connectivity index (χ1v) is 7.55. The van der Waals surface area contributed by atoms with Crippen molar-refractivity contribution in [3.8, 4) is 0 Å². The Morgan fingerprint density at radius 2 is 1.23 bits per heavy atom. The van der Waals surface area contributed by atoms with E-state index in [9.17, 15) is 0 Å². The summed E-state index contributed by atoms with van der Waals surface area (Å²) in [7, 11) is 0. The van der Waals surface area contributed by atoms with E-state index in [1.165, 1.54) is 33.4 Å². The second-order valence-corrected chi connectivity index (χ2v) is 5.48. The Labute approximate surface area is 131 Å². The van der Waals surface area contributed by atoms with Crippen LogP contribution in [-0.4, -0.2) is 0 Å². The standard InChI is InChI=1S/C22H16/c1-2-8-17(9-3-1)14-15-18-10-4-6-12-20(18)22-16-19-11-5-7-13-21(19)22/h1-16H. The van der Waals surface area contributed by atoms with E-state index in [-0.39, 0.29) is 0 Å². The highest BCUT2D eigenvalue weighted by atomic mass is 14.2. The summed E-state index contributed by atoms with van der Waals surface area (Å²) in [6.45, 7) is 0. The van der Waals surface area contributed by atoms with Gasteiger partial charge >= 0.3 is 0 Å². The van der Waals surface area contributed by atoms with Crippen molar-refractivity contribution in [1.82, 2.24) is 0 Å². The van der Waals surface area contributed by atoms with Crippen molar-refractivity contribution in [2.45, 2.75) is 0 Å². The largest absolute Gasteiger partial charge is 0.0622 e. The lowest BCUT2D eigenvalue weighted by atomic mass is 9.82. The van der Waals surface area contributed by atoms with Crippen LogP contribution in [-0.2, 0) is 0 Å². The lowest BCUT2D eigenvalue weighted by molar-refractivity contribution is 1.47. The number of hydrogen-bond donors (Lipinski definition) is 0. The summed E-state index contributed by atoms with van der Waals surface area (Å²) >= 11 is 0. The van der Waals surface area contributed by atoms with E-state index in [1.54, 1.807) is 0 Å². The molecule has 0 saturated carbocycles. The van der Waals surface area contributed by atoms with Crippen LogP contribution in [0.25, 0.3) is 23.8 Å². The number of hydrogen-bond acceptors (Lipinski definition) is 0. The molecule has 0 aliphatic heterocycles. The van der Waals surface area contributed by atoms with E-state index >= 15 is 0 Å². The first-order chi connectivity index (χ1) is 10.9. The first-order valence-electron chi connectivity index (χ1n) is 7.55. The van der Waals surface area contributed by atoms with Gasteiger partial charge in [-0.1, -0.05) is 91.0 Å². The molecule has 22 heavy (non-hydrogen) atoms. The maximum absolute atomic E-state index is 2.27. The second kappa shape index (κ2) is 5.50. The maximum atomic E-state index is 2.27. The molecule has 0 radical (unpaired) electrons. The Balaban J connectivity index is 1.70. The van der Waals surface area contributed by atoms with E-state index < -0.39 is 0 Å². The topological polar surface area (TPSA) is 0 Å². The fraction of sp³-hybridized carbons (Fsp3) is 0. The minimum Gasteiger partial charge on any atom is -0.0622 e. The molecule has 0 N–H and O–H groups in total. The van der Waals surface area contributed by atoms with Crippen LogP contribution in [0.1, 0.15) is 27.8 Å². The Bertz CT molecular complexity index is 867. The molecule has 1 aliphatic rings. The third-order valence-corrected chi connectivity index (χ3v) is 4.06. The Kier molecular flexibility index (Phi) is 3.21. The molecule has 0 aromatic heterocycles. The minimum absolute atomic E-state index is 1.22. The van der Waals surface area contributed by atoms with Crippen molar-refractivity contribution in [3.05, 3.63) is 107 Å². The average molecular weight is 280 g/mol. The van der Waals surface area contributed by atoms with Crippen LogP contribution in [0, 0.1) is 0 Å². The molecule has 0 heteroatoms. The van der Waals surface area contributed by atoms with Crippen molar-refractivity contribution < 1.29 is 0 Å². The first kappa shape index (κ1) is 12.8. The molecule has 104 valence electrons.